The van der Waals surface area contributed by atoms with E-state index in [1.165, 1.54) is 18.4 Å². The second-order valence-electron chi connectivity index (χ2n) is 4.23. The average molecular weight is 273 g/mol. The minimum atomic E-state index is -0.410. The van der Waals surface area contributed by atoms with Gasteiger partial charge in [-0.05, 0) is 12.1 Å². The molecule has 0 bridgehead atoms. The molecular weight excluding hydrogens is 262 g/mol. The van der Waals surface area contributed by atoms with E-state index in [-0.39, 0.29) is 5.56 Å². The van der Waals surface area contributed by atoms with Gasteiger partial charge >= 0.3 is 5.97 Å². The third kappa shape index (κ3) is 1.66. The Morgan fingerprint density at radius 2 is 2.00 bits per heavy atom. The summed E-state index contributed by atoms with van der Waals surface area (Å²) in [6.45, 7) is 0. The van der Waals surface area contributed by atoms with Gasteiger partial charge in [0.05, 0.1) is 22.7 Å². The van der Waals surface area contributed by atoms with Gasteiger partial charge in [-0.25, -0.2) is 4.79 Å². The molecule has 0 N–H and O–H groups in total. The van der Waals surface area contributed by atoms with Crippen LogP contribution in [0, 0.1) is 0 Å². The van der Waals surface area contributed by atoms with Gasteiger partial charge in [0.2, 0.25) is 0 Å². The van der Waals surface area contributed by atoms with E-state index in [4.69, 9.17) is 4.74 Å². The van der Waals surface area contributed by atoms with Crippen LogP contribution in [-0.2, 0) is 11.8 Å². The van der Waals surface area contributed by atoms with Gasteiger partial charge in [0.25, 0.3) is 5.56 Å². The first-order valence-electron chi connectivity index (χ1n) is 5.73. The van der Waals surface area contributed by atoms with Gasteiger partial charge in [-0.1, -0.05) is 18.2 Å². The molecule has 0 radical (unpaired) electrons. The van der Waals surface area contributed by atoms with Crippen LogP contribution in [0.1, 0.15) is 9.67 Å². The minimum Gasteiger partial charge on any atom is -0.465 e. The SMILES string of the molecule is COC(=O)c1cc2c(=O)n(C)c3ccccc3c2s1. The number of esters is 1. The van der Waals surface area contributed by atoms with Crippen LogP contribution in [0.3, 0.4) is 0 Å². The fraction of sp³-hybridized carbons (Fsp3) is 0.143. The summed E-state index contributed by atoms with van der Waals surface area (Å²) in [5.41, 5.74) is 0.762. The molecule has 0 aliphatic carbocycles. The van der Waals surface area contributed by atoms with Crippen molar-refractivity contribution in [2.24, 2.45) is 7.05 Å². The van der Waals surface area contributed by atoms with E-state index >= 15 is 0 Å². The number of para-hydroxylation sites is 1. The first-order valence-corrected chi connectivity index (χ1v) is 6.54. The largest absolute Gasteiger partial charge is 0.465 e. The number of pyridine rings is 1. The Morgan fingerprint density at radius 3 is 2.74 bits per heavy atom. The molecule has 0 fully saturated rings. The number of hydrogen-bond donors (Lipinski definition) is 0. The number of nitrogens with zero attached hydrogens (tertiary/aromatic N) is 1. The first kappa shape index (κ1) is 11.9. The number of benzene rings is 1. The molecule has 0 saturated heterocycles. The maximum atomic E-state index is 12.3. The normalized spacial score (nSPS) is 11.1. The van der Waals surface area contributed by atoms with Crippen LogP contribution < -0.4 is 5.56 Å². The summed E-state index contributed by atoms with van der Waals surface area (Å²) in [4.78, 5) is 24.3. The second-order valence-corrected chi connectivity index (χ2v) is 5.28. The van der Waals surface area contributed by atoms with Crippen LogP contribution in [0.4, 0.5) is 0 Å². The molecule has 0 spiro atoms. The quantitative estimate of drug-likeness (QED) is 0.640. The van der Waals surface area contributed by atoms with E-state index in [0.29, 0.717) is 10.3 Å². The Labute approximate surface area is 112 Å². The third-order valence-corrected chi connectivity index (χ3v) is 4.31. The Balaban J connectivity index is 2.51. The maximum absolute atomic E-state index is 12.3. The van der Waals surface area contributed by atoms with Crippen molar-refractivity contribution in [1.29, 1.82) is 0 Å². The lowest BCUT2D eigenvalue weighted by Crippen LogP contribution is -2.16. The number of ether oxygens (including phenoxy) is 1. The van der Waals surface area contributed by atoms with Crippen LogP contribution in [-0.4, -0.2) is 17.6 Å². The molecular formula is C14H11NO3S. The number of rotatable bonds is 1. The number of aryl methyl sites for hydroxylation is 1. The molecule has 5 heteroatoms. The van der Waals surface area contributed by atoms with Gasteiger partial charge < -0.3 is 9.30 Å². The lowest BCUT2D eigenvalue weighted by atomic mass is 10.2. The van der Waals surface area contributed by atoms with E-state index < -0.39 is 5.97 Å². The molecule has 19 heavy (non-hydrogen) atoms. The van der Waals surface area contributed by atoms with Crippen LogP contribution in [0.5, 0.6) is 0 Å². The smallest absolute Gasteiger partial charge is 0.348 e. The topological polar surface area (TPSA) is 48.3 Å². The summed E-state index contributed by atoms with van der Waals surface area (Å²) < 4.78 is 7.15. The van der Waals surface area contributed by atoms with Crippen LogP contribution >= 0.6 is 11.3 Å². The number of methoxy groups -OCH3 is 1. The predicted molar refractivity (Wildman–Crippen MR) is 75.9 cm³/mol. The van der Waals surface area contributed by atoms with E-state index in [1.54, 1.807) is 17.7 Å². The van der Waals surface area contributed by atoms with Crippen LogP contribution in [0.25, 0.3) is 21.0 Å². The fourth-order valence-corrected chi connectivity index (χ4v) is 3.30. The van der Waals surface area contributed by atoms with Crippen molar-refractivity contribution in [3.8, 4) is 0 Å². The monoisotopic (exact) mass is 273 g/mol. The maximum Gasteiger partial charge on any atom is 0.348 e. The first-order chi connectivity index (χ1) is 9.13. The van der Waals surface area contributed by atoms with Crippen molar-refractivity contribution in [3.63, 3.8) is 0 Å². The summed E-state index contributed by atoms with van der Waals surface area (Å²) in [6, 6.07) is 9.27. The molecule has 4 nitrogen and oxygen atoms in total. The number of fused-ring (bicyclic) bond motifs is 3. The third-order valence-electron chi connectivity index (χ3n) is 3.16. The number of carbonyl (C=O) groups is 1. The Morgan fingerprint density at radius 1 is 1.26 bits per heavy atom. The van der Waals surface area contributed by atoms with Gasteiger partial charge in [-0.15, -0.1) is 11.3 Å². The second kappa shape index (κ2) is 4.20. The Kier molecular flexibility index (Phi) is 2.64. The minimum absolute atomic E-state index is 0.0971. The van der Waals surface area contributed by atoms with Crippen molar-refractivity contribution in [2.45, 2.75) is 0 Å². The summed E-state index contributed by atoms with van der Waals surface area (Å²) >= 11 is 1.29. The van der Waals surface area contributed by atoms with E-state index in [2.05, 4.69) is 0 Å². The molecule has 0 saturated carbocycles. The highest BCUT2D eigenvalue weighted by atomic mass is 32.1. The molecule has 2 aromatic heterocycles. The standard InChI is InChI=1S/C14H11NO3S/c1-15-10-6-4-3-5-8(10)12-9(13(15)16)7-11(19-12)14(17)18-2/h3-7H,1-2H3. The molecule has 0 aliphatic rings. The average Bonchev–Trinajstić information content (AvgIpc) is 2.89. The predicted octanol–water partition coefficient (Wildman–Crippen LogP) is 2.54. The zero-order valence-electron chi connectivity index (χ0n) is 10.5. The molecule has 0 unspecified atom stereocenters. The Hall–Kier alpha value is -2.14. The van der Waals surface area contributed by atoms with Gasteiger partial charge in [-0.3, -0.25) is 4.79 Å². The lowest BCUT2D eigenvalue weighted by Gasteiger charge is -2.05. The van der Waals surface area contributed by atoms with Gasteiger partial charge in [0.1, 0.15) is 4.88 Å². The molecule has 2 heterocycles. The van der Waals surface area contributed by atoms with Crippen molar-refractivity contribution < 1.29 is 9.53 Å². The van der Waals surface area contributed by atoms with E-state index in [0.717, 1.165) is 15.6 Å². The molecule has 0 amide bonds. The zero-order chi connectivity index (χ0) is 13.6. The number of thiophene rings is 1. The zero-order valence-corrected chi connectivity index (χ0v) is 11.3. The molecule has 0 aliphatic heterocycles. The fourth-order valence-electron chi connectivity index (χ4n) is 2.20. The highest BCUT2D eigenvalue weighted by Gasteiger charge is 2.16. The van der Waals surface area contributed by atoms with Crippen LogP contribution in [0.15, 0.2) is 35.1 Å². The Bertz CT molecular complexity index is 860. The van der Waals surface area contributed by atoms with Gasteiger partial charge in [0, 0.05) is 12.4 Å². The molecule has 0 atom stereocenters. The summed E-state index contributed by atoms with van der Waals surface area (Å²) in [5.74, 6) is -0.410. The summed E-state index contributed by atoms with van der Waals surface area (Å²) in [6.07, 6.45) is 0. The highest BCUT2D eigenvalue weighted by molar-refractivity contribution is 7.21. The summed E-state index contributed by atoms with van der Waals surface area (Å²) in [7, 11) is 3.07. The van der Waals surface area contributed by atoms with Gasteiger partial charge in [-0.2, -0.15) is 0 Å². The van der Waals surface area contributed by atoms with E-state index in [1.807, 2.05) is 24.3 Å². The highest BCUT2D eigenvalue weighted by Crippen LogP contribution is 2.30. The van der Waals surface area contributed by atoms with Crippen molar-refractivity contribution in [2.75, 3.05) is 7.11 Å². The molecule has 3 aromatic rings. The number of carbonyl (C=O) groups excluding carboxylic acids is 1. The molecule has 1 aromatic carbocycles. The van der Waals surface area contributed by atoms with Crippen LogP contribution in [0.2, 0.25) is 0 Å². The summed E-state index contributed by atoms with van der Waals surface area (Å²) in [5, 5.41) is 1.53. The van der Waals surface area contributed by atoms with Crippen molar-refractivity contribution >= 4 is 38.3 Å². The molecule has 3 rings (SSSR count). The van der Waals surface area contributed by atoms with Gasteiger partial charge in [0.15, 0.2) is 0 Å². The van der Waals surface area contributed by atoms with Crippen molar-refractivity contribution in [3.05, 3.63) is 45.6 Å². The number of aromatic nitrogens is 1. The van der Waals surface area contributed by atoms with E-state index in [9.17, 15) is 9.59 Å². The van der Waals surface area contributed by atoms with Crippen molar-refractivity contribution in [1.82, 2.24) is 4.57 Å². The lowest BCUT2D eigenvalue weighted by molar-refractivity contribution is 0.0606. The number of hydrogen-bond acceptors (Lipinski definition) is 4. The molecule has 96 valence electrons.